The molecule has 1 heterocycles. The standard InChI is InChI=1S/C31H34N4O2/c1-31(2)18-25-29(27(36)19-31)30(21-14-16-23(17-15-21)34(3)4)35(26-13-9-8-12-24(26)33-25)20-28(37)32-22-10-6-5-7-11-22/h5-17,30,33H,18-20H2,1-4H3,(H,32,37)/t30-/m0/s1. The zero-order chi connectivity index (χ0) is 26.2. The molecule has 6 nitrogen and oxygen atoms in total. The van der Waals surface area contributed by atoms with Gasteiger partial charge in [0.2, 0.25) is 5.91 Å². The smallest absolute Gasteiger partial charge is 0.243 e. The van der Waals surface area contributed by atoms with E-state index < -0.39 is 6.04 Å². The van der Waals surface area contributed by atoms with Crippen LogP contribution in [0.5, 0.6) is 0 Å². The fraction of sp³-hybridized carbons (Fsp3) is 0.290. The van der Waals surface area contributed by atoms with E-state index in [-0.39, 0.29) is 23.7 Å². The van der Waals surface area contributed by atoms with E-state index in [1.54, 1.807) is 0 Å². The Morgan fingerprint density at radius 2 is 1.65 bits per heavy atom. The number of ketones is 1. The normalized spacial score (nSPS) is 18.3. The van der Waals surface area contributed by atoms with Crippen molar-refractivity contribution in [2.45, 2.75) is 32.7 Å². The summed E-state index contributed by atoms with van der Waals surface area (Å²) in [5.41, 5.74) is 6.16. The highest BCUT2D eigenvalue weighted by Crippen LogP contribution is 2.48. The highest BCUT2D eigenvalue weighted by molar-refractivity contribution is 6.02. The summed E-state index contributed by atoms with van der Waals surface area (Å²) in [4.78, 5) is 31.3. The molecule has 0 unspecified atom stereocenters. The van der Waals surface area contributed by atoms with E-state index in [1.807, 2.05) is 68.7 Å². The number of amides is 1. The first-order chi connectivity index (χ1) is 17.7. The number of fused-ring (bicyclic) bond motifs is 1. The molecule has 0 bridgehead atoms. The Labute approximate surface area is 219 Å². The summed E-state index contributed by atoms with van der Waals surface area (Å²) in [6.07, 6.45) is 1.24. The van der Waals surface area contributed by atoms with E-state index in [2.05, 4.69) is 58.5 Å². The highest BCUT2D eigenvalue weighted by Gasteiger charge is 2.41. The summed E-state index contributed by atoms with van der Waals surface area (Å²) in [5.74, 6) is -0.00902. The van der Waals surface area contributed by atoms with Crippen LogP contribution in [0.2, 0.25) is 0 Å². The first-order valence-electron chi connectivity index (χ1n) is 12.7. The number of allylic oxidation sites excluding steroid dienone is 1. The molecule has 3 aromatic carbocycles. The number of hydrogen-bond acceptors (Lipinski definition) is 5. The van der Waals surface area contributed by atoms with Crippen molar-refractivity contribution >= 4 is 34.4 Å². The molecule has 1 aliphatic carbocycles. The number of rotatable bonds is 5. The molecule has 0 saturated carbocycles. The predicted octanol–water partition coefficient (Wildman–Crippen LogP) is 6.01. The lowest BCUT2D eigenvalue weighted by atomic mass is 9.73. The molecule has 0 radical (unpaired) electrons. The van der Waals surface area contributed by atoms with Gasteiger partial charge < -0.3 is 20.4 Å². The van der Waals surface area contributed by atoms with Crippen LogP contribution in [-0.4, -0.2) is 32.3 Å². The first-order valence-corrected chi connectivity index (χ1v) is 12.7. The summed E-state index contributed by atoms with van der Waals surface area (Å²) in [6, 6.07) is 25.4. The second-order valence-corrected chi connectivity index (χ2v) is 10.9. The number of para-hydroxylation sites is 3. The SMILES string of the molecule is CN(C)c1ccc([C@H]2C3=C(CC(C)(C)CC3=O)Nc3ccccc3N2CC(=O)Nc2ccccc2)cc1. The largest absolute Gasteiger partial charge is 0.378 e. The van der Waals surface area contributed by atoms with E-state index in [1.165, 1.54) is 0 Å². The molecular weight excluding hydrogens is 460 g/mol. The first kappa shape index (κ1) is 24.6. The van der Waals surface area contributed by atoms with Crippen LogP contribution in [0.15, 0.2) is 90.1 Å². The Hall–Kier alpha value is -4.06. The number of nitrogens with zero attached hydrogens (tertiary/aromatic N) is 2. The minimum absolute atomic E-state index is 0.0984. The average Bonchev–Trinajstić information content (AvgIpc) is 2.98. The Balaban J connectivity index is 1.64. The van der Waals surface area contributed by atoms with Gasteiger partial charge in [0.05, 0.1) is 24.0 Å². The number of carbonyl (C=O) groups is 2. The molecule has 190 valence electrons. The van der Waals surface area contributed by atoms with Crippen molar-refractivity contribution in [2.75, 3.05) is 41.1 Å². The Morgan fingerprint density at radius 3 is 2.35 bits per heavy atom. The maximum Gasteiger partial charge on any atom is 0.243 e. The van der Waals surface area contributed by atoms with Crippen LogP contribution in [0.1, 0.15) is 38.3 Å². The van der Waals surface area contributed by atoms with Gasteiger partial charge in [-0.05, 0) is 53.8 Å². The summed E-state index contributed by atoms with van der Waals surface area (Å²) in [6.45, 7) is 4.37. The van der Waals surface area contributed by atoms with Crippen LogP contribution >= 0.6 is 0 Å². The summed E-state index contributed by atoms with van der Waals surface area (Å²) in [7, 11) is 4.02. The molecule has 1 amide bonds. The van der Waals surface area contributed by atoms with Crippen LogP contribution in [0.4, 0.5) is 22.7 Å². The molecule has 1 atom stereocenters. The monoisotopic (exact) mass is 494 g/mol. The summed E-state index contributed by atoms with van der Waals surface area (Å²) < 4.78 is 0. The van der Waals surface area contributed by atoms with Crippen molar-refractivity contribution in [3.63, 3.8) is 0 Å². The average molecular weight is 495 g/mol. The van der Waals surface area contributed by atoms with Gasteiger partial charge in [-0.3, -0.25) is 9.59 Å². The van der Waals surface area contributed by atoms with Crippen molar-refractivity contribution in [3.05, 3.63) is 95.7 Å². The fourth-order valence-corrected chi connectivity index (χ4v) is 5.41. The van der Waals surface area contributed by atoms with E-state index in [9.17, 15) is 9.59 Å². The highest BCUT2D eigenvalue weighted by atomic mass is 16.2. The van der Waals surface area contributed by atoms with Gasteiger partial charge in [0.15, 0.2) is 5.78 Å². The van der Waals surface area contributed by atoms with Crippen LogP contribution in [0.3, 0.4) is 0 Å². The fourth-order valence-electron chi connectivity index (χ4n) is 5.41. The third-order valence-corrected chi connectivity index (χ3v) is 7.10. The molecule has 2 N–H and O–H groups in total. The van der Waals surface area contributed by atoms with E-state index >= 15 is 0 Å². The third kappa shape index (κ3) is 5.10. The molecule has 2 aliphatic rings. The lowest BCUT2D eigenvalue weighted by Crippen LogP contribution is -2.40. The van der Waals surface area contributed by atoms with Crippen LogP contribution < -0.4 is 20.4 Å². The number of anilines is 4. The zero-order valence-corrected chi connectivity index (χ0v) is 21.9. The van der Waals surface area contributed by atoms with Gasteiger partial charge in [0.1, 0.15) is 0 Å². The van der Waals surface area contributed by atoms with Crippen molar-refractivity contribution in [2.24, 2.45) is 5.41 Å². The van der Waals surface area contributed by atoms with Crippen molar-refractivity contribution in [3.8, 4) is 0 Å². The predicted molar refractivity (Wildman–Crippen MR) is 151 cm³/mol. The maximum absolute atomic E-state index is 13.8. The Bertz CT molecular complexity index is 1340. The second kappa shape index (κ2) is 9.77. The molecule has 0 saturated heterocycles. The number of Topliss-reactive ketones (excluding diaryl/α,β-unsaturated/α-hetero) is 1. The molecule has 37 heavy (non-hydrogen) atoms. The lowest BCUT2D eigenvalue weighted by Gasteiger charge is -2.38. The maximum atomic E-state index is 13.8. The van der Waals surface area contributed by atoms with Crippen molar-refractivity contribution < 1.29 is 9.59 Å². The molecule has 3 aromatic rings. The third-order valence-electron chi connectivity index (χ3n) is 7.10. The molecule has 6 heteroatoms. The Morgan fingerprint density at radius 1 is 0.973 bits per heavy atom. The van der Waals surface area contributed by atoms with Crippen LogP contribution in [0.25, 0.3) is 0 Å². The van der Waals surface area contributed by atoms with Gasteiger partial charge in [0, 0.05) is 43.2 Å². The van der Waals surface area contributed by atoms with Crippen molar-refractivity contribution in [1.82, 2.24) is 0 Å². The van der Waals surface area contributed by atoms with Gasteiger partial charge in [-0.25, -0.2) is 0 Å². The molecular formula is C31H34N4O2. The molecule has 0 fully saturated rings. The number of benzene rings is 3. The number of carbonyl (C=O) groups excluding carboxylic acids is 2. The van der Waals surface area contributed by atoms with Crippen LogP contribution in [0, 0.1) is 5.41 Å². The molecule has 1 aliphatic heterocycles. The van der Waals surface area contributed by atoms with Crippen molar-refractivity contribution in [1.29, 1.82) is 0 Å². The van der Waals surface area contributed by atoms with Gasteiger partial charge in [-0.1, -0.05) is 56.3 Å². The zero-order valence-electron chi connectivity index (χ0n) is 21.9. The van der Waals surface area contributed by atoms with Gasteiger partial charge in [-0.15, -0.1) is 0 Å². The quantitative estimate of drug-likeness (QED) is 0.455. The molecule has 0 spiro atoms. The number of hydrogen-bond donors (Lipinski definition) is 2. The van der Waals surface area contributed by atoms with Gasteiger partial charge in [0.25, 0.3) is 0 Å². The summed E-state index contributed by atoms with van der Waals surface area (Å²) >= 11 is 0. The minimum Gasteiger partial charge on any atom is -0.378 e. The minimum atomic E-state index is -0.396. The lowest BCUT2D eigenvalue weighted by molar-refractivity contribution is -0.119. The topological polar surface area (TPSA) is 64.7 Å². The molecule has 0 aromatic heterocycles. The van der Waals surface area contributed by atoms with Gasteiger partial charge in [-0.2, -0.15) is 0 Å². The number of nitrogens with one attached hydrogen (secondary N) is 2. The van der Waals surface area contributed by atoms with Crippen LogP contribution in [-0.2, 0) is 9.59 Å². The Kier molecular flexibility index (Phi) is 6.50. The van der Waals surface area contributed by atoms with E-state index in [4.69, 9.17) is 0 Å². The van der Waals surface area contributed by atoms with Gasteiger partial charge >= 0.3 is 0 Å². The van der Waals surface area contributed by atoms with E-state index in [0.29, 0.717) is 6.42 Å². The second-order valence-electron chi connectivity index (χ2n) is 10.9. The van der Waals surface area contributed by atoms with E-state index in [0.717, 1.165) is 46.0 Å². The summed E-state index contributed by atoms with van der Waals surface area (Å²) in [5, 5.41) is 6.63. The molecule has 5 rings (SSSR count).